The van der Waals surface area contributed by atoms with E-state index in [1.54, 1.807) is 7.11 Å². The van der Waals surface area contributed by atoms with Crippen LogP contribution in [0.25, 0.3) is 0 Å². The van der Waals surface area contributed by atoms with E-state index < -0.39 is 0 Å². The Labute approximate surface area is 91.5 Å². The zero-order chi connectivity index (χ0) is 10.9. The molecule has 1 heterocycles. The molecule has 2 rings (SSSR count). The highest BCUT2D eigenvalue weighted by molar-refractivity contribution is 5.81. The molecule has 2 N–H and O–H groups in total. The van der Waals surface area contributed by atoms with Crippen molar-refractivity contribution in [3.05, 3.63) is 0 Å². The summed E-state index contributed by atoms with van der Waals surface area (Å²) in [6.45, 7) is 6.02. The fourth-order valence-corrected chi connectivity index (χ4v) is 2.00. The van der Waals surface area contributed by atoms with Gasteiger partial charge in [-0.15, -0.1) is 0 Å². The topological polar surface area (TPSA) is 45.6 Å². The van der Waals surface area contributed by atoms with Gasteiger partial charge in [-0.3, -0.25) is 4.99 Å². The first-order valence-corrected chi connectivity index (χ1v) is 5.74. The van der Waals surface area contributed by atoms with Crippen molar-refractivity contribution in [2.75, 3.05) is 20.2 Å². The summed E-state index contributed by atoms with van der Waals surface area (Å²) in [5.41, 5.74) is -0.0317. The molecule has 4 heteroatoms. The molecule has 0 aromatic carbocycles. The van der Waals surface area contributed by atoms with Crippen LogP contribution in [0.4, 0.5) is 0 Å². The Bertz CT molecular complexity index is 263. The van der Waals surface area contributed by atoms with Gasteiger partial charge in [-0.25, -0.2) is 0 Å². The molecular formula is C11H21N3O. The van der Waals surface area contributed by atoms with Crippen LogP contribution in [0.2, 0.25) is 0 Å². The van der Waals surface area contributed by atoms with Gasteiger partial charge in [0.1, 0.15) is 0 Å². The van der Waals surface area contributed by atoms with Gasteiger partial charge in [-0.1, -0.05) is 0 Å². The third kappa shape index (κ3) is 2.43. The van der Waals surface area contributed by atoms with Crippen molar-refractivity contribution in [3.63, 3.8) is 0 Å². The predicted octanol–water partition coefficient (Wildman–Crippen LogP) is 0.739. The number of nitrogens with one attached hydrogen (secondary N) is 2. The second-order valence-electron chi connectivity index (χ2n) is 4.88. The molecule has 0 aromatic heterocycles. The van der Waals surface area contributed by atoms with E-state index in [1.807, 2.05) is 0 Å². The normalized spacial score (nSPS) is 29.3. The second-order valence-corrected chi connectivity index (χ2v) is 4.88. The maximum absolute atomic E-state index is 5.60. The molecule has 0 bridgehead atoms. The van der Waals surface area contributed by atoms with E-state index in [0.717, 1.165) is 25.0 Å². The highest BCUT2D eigenvalue weighted by Crippen LogP contribution is 2.41. The van der Waals surface area contributed by atoms with E-state index in [0.29, 0.717) is 6.04 Å². The molecule has 0 radical (unpaired) electrons. The van der Waals surface area contributed by atoms with Crippen LogP contribution in [-0.2, 0) is 4.74 Å². The van der Waals surface area contributed by atoms with Crippen LogP contribution in [0.5, 0.6) is 0 Å². The van der Waals surface area contributed by atoms with Crippen LogP contribution in [0, 0.1) is 5.92 Å². The molecule has 0 aromatic rings. The van der Waals surface area contributed by atoms with E-state index in [-0.39, 0.29) is 5.60 Å². The largest absolute Gasteiger partial charge is 0.376 e. The molecular weight excluding hydrogens is 190 g/mol. The van der Waals surface area contributed by atoms with Gasteiger partial charge in [0.05, 0.1) is 12.1 Å². The number of aliphatic imine (C=N–C) groups is 1. The average molecular weight is 211 g/mol. The summed E-state index contributed by atoms with van der Waals surface area (Å²) in [5.74, 6) is 1.64. The second kappa shape index (κ2) is 4.00. The standard InChI is InChI=1S/C11H21N3O/c1-8-6-12-10(14-8)13-7-11(2,15-3)9-4-5-9/h8-9H,4-7H2,1-3H3,(H2,12,13,14). The maximum atomic E-state index is 5.60. The number of nitrogens with zero attached hydrogens (tertiary/aromatic N) is 1. The van der Waals surface area contributed by atoms with E-state index in [4.69, 9.17) is 4.74 Å². The minimum Gasteiger partial charge on any atom is -0.376 e. The Morgan fingerprint density at radius 2 is 2.33 bits per heavy atom. The number of guanidine groups is 1. The molecule has 0 spiro atoms. The summed E-state index contributed by atoms with van der Waals surface area (Å²) >= 11 is 0. The lowest BCUT2D eigenvalue weighted by Gasteiger charge is -2.28. The summed E-state index contributed by atoms with van der Waals surface area (Å²) < 4.78 is 5.60. The third-order valence-electron chi connectivity index (χ3n) is 3.42. The van der Waals surface area contributed by atoms with Crippen molar-refractivity contribution >= 4 is 5.96 Å². The monoisotopic (exact) mass is 211 g/mol. The fraction of sp³-hybridized carbons (Fsp3) is 0.909. The SMILES string of the molecule is COC(C)(CNC1=NCC(C)N1)C1CC1. The molecule has 15 heavy (non-hydrogen) atoms. The summed E-state index contributed by atoms with van der Waals surface area (Å²) in [6, 6.07) is 0.460. The molecule has 0 saturated heterocycles. The Morgan fingerprint density at radius 3 is 2.80 bits per heavy atom. The van der Waals surface area contributed by atoms with Crippen LogP contribution >= 0.6 is 0 Å². The average Bonchev–Trinajstić information content (AvgIpc) is 3.00. The van der Waals surface area contributed by atoms with E-state index in [9.17, 15) is 0 Å². The fourth-order valence-electron chi connectivity index (χ4n) is 2.00. The van der Waals surface area contributed by atoms with Gasteiger partial charge in [0, 0.05) is 19.7 Å². The van der Waals surface area contributed by atoms with Crippen molar-refractivity contribution < 1.29 is 4.74 Å². The van der Waals surface area contributed by atoms with Gasteiger partial charge < -0.3 is 15.4 Å². The Hall–Kier alpha value is -0.770. The zero-order valence-electron chi connectivity index (χ0n) is 9.84. The number of hydrogen-bond donors (Lipinski definition) is 2. The lowest BCUT2D eigenvalue weighted by molar-refractivity contribution is -0.00878. The summed E-state index contributed by atoms with van der Waals surface area (Å²) in [4.78, 5) is 4.37. The van der Waals surface area contributed by atoms with Crippen molar-refractivity contribution in [1.29, 1.82) is 0 Å². The van der Waals surface area contributed by atoms with Gasteiger partial charge in [0.15, 0.2) is 5.96 Å². The smallest absolute Gasteiger partial charge is 0.191 e. The van der Waals surface area contributed by atoms with Gasteiger partial charge in [-0.2, -0.15) is 0 Å². The van der Waals surface area contributed by atoms with Crippen molar-refractivity contribution in [1.82, 2.24) is 10.6 Å². The number of hydrogen-bond acceptors (Lipinski definition) is 4. The summed E-state index contributed by atoms with van der Waals surface area (Å²) in [6.07, 6.45) is 2.59. The van der Waals surface area contributed by atoms with E-state index >= 15 is 0 Å². The number of methoxy groups -OCH3 is 1. The highest BCUT2D eigenvalue weighted by atomic mass is 16.5. The third-order valence-corrected chi connectivity index (χ3v) is 3.42. The Balaban J connectivity index is 1.81. The van der Waals surface area contributed by atoms with Crippen LogP contribution in [0.3, 0.4) is 0 Å². The van der Waals surface area contributed by atoms with Crippen molar-refractivity contribution in [2.45, 2.75) is 38.3 Å². The summed E-state index contributed by atoms with van der Waals surface area (Å²) in [7, 11) is 1.80. The zero-order valence-corrected chi connectivity index (χ0v) is 9.84. The first-order valence-electron chi connectivity index (χ1n) is 5.74. The van der Waals surface area contributed by atoms with Crippen molar-refractivity contribution in [2.24, 2.45) is 10.9 Å². The van der Waals surface area contributed by atoms with Gasteiger partial charge in [0.2, 0.25) is 0 Å². The molecule has 1 aliphatic heterocycles. The van der Waals surface area contributed by atoms with E-state index in [1.165, 1.54) is 12.8 Å². The lowest BCUT2D eigenvalue weighted by atomic mass is 10.0. The molecule has 2 aliphatic rings. The van der Waals surface area contributed by atoms with Gasteiger partial charge >= 0.3 is 0 Å². The Kier molecular flexibility index (Phi) is 2.87. The Morgan fingerprint density at radius 1 is 1.60 bits per heavy atom. The predicted molar refractivity (Wildman–Crippen MR) is 61.0 cm³/mol. The molecule has 1 fully saturated rings. The lowest BCUT2D eigenvalue weighted by Crippen LogP contribution is -2.47. The molecule has 2 atom stereocenters. The quantitative estimate of drug-likeness (QED) is 0.721. The maximum Gasteiger partial charge on any atom is 0.191 e. The molecule has 1 aliphatic carbocycles. The van der Waals surface area contributed by atoms with Crippen LogP contribution < -0.4 is 10.6 Å². The van der Waals surface area contributed by atoms with Crippen molar-refractivity contribution in [3.8, 4) is 0 Å². The molecule has 1 saturated carbocycles. The van der Waals surface area contributed by atoms with Crippen LogP contribution in [-0.4, -0.2) is 37.8 Å². The first kappa shape index (κ1) is 10.7. The minimum atomic E-state index is -0.0317. The molecule has 0 amide bonds. The van der Waals surface area contributed by atoms with Gasteiger partial charge in [0.25, 0.3) is 0 Å². The van der Waals surface area contributed by atoms with Crippen LogP contribution in [0.1, 0.15) is 26.7 Å². The van der Waals surface area contributed by atoms with E-state index in [2.05, 4.69) is 29.5 Å². The molecule has 2 unspecified atom stereocenters. The molecule has 4 nitrogen and oxygen atoms in total. The summed E-state index contributed by atoms with van der Waals surface area (Å²) in [5, 5.41) is 6.63. The van der Waals surface area contributed by atoms with Crippen LogP contribution in [0.15, 0.2) is 4.99 Å². The minimum absolute atomic E-state index is 0.0317. The molecule has 86 valence electrons. The van der Waals surface area contributed by atoms with Gasteiger partial charge in [-0.05, 0) is 32.6 Å². The first-order chi connectivity index (χ1) is 7.14. The number of rotatable bonds is 4. The number of ether oxygens (including phenoxy) is 1. The highest BCUT2D eigenvalue weighted by Gasteiger charge is 2.41.